The van der Waals surface area contributed by atoms with Crippen LogP contribution < -0.4 is 16.0 Å². The van der Waals surface area contributed by atoms with Gasteiger partial charge in [0.1, 0.15) is 5.69 Å². The molecular formula is C26H32F4N8O2. The highest BCUT2D eigenvalue weighted by molar-refractivity contribution is 5.92. The van der Waals surface area contributed by atoms with Crippen LogP contribution >= 0.6 is 0 Å². The molecule has 14 heteroatoms. The van der Waals surface area contributed by atoms with E-state index in [2.05, 4.69) is 31.1 Å². The third-order valence-corrected chi connectivity index (χ3v) is 7.78. The Hall–Kier alpha value is -3.71. The minimum absolute atomic E-state index is 0.0140. The lowest BCUT2D eigenvalue weighted by Crippen LogP contribution is -2.48. The number of rotatable bonds is 8. The van der Waals surface area contributed by atoms with E-state index in [1.165, 1.54) is 10.7 Å². The number of halogens is 4. The number of hydrogen-bond donors (Lipinski definition) is 3. The Morgan fingerprint density at radius 1 is 1.23 bits per heavy atom. The summed E-state index contributed by atoms with van der Waals surface area (Å²) in [4.78, 5) is 30.2. The lowest BCUT2D eigenvalue weighted by atomic mass is 9.81. The minimum Gasteiger partial charge on any atom is -0.386 e. The van der Waals surface area contributed by atoms with Gasteiger partial charge in [0.15, 0.2) is 5.65 Å². The van der Waals surface area contributed by atoms with Crippen LogP contribution in [0.5, 0.6) is 0 Å². The molecule has 2 fully saturated rings. The molecular weight excluding hydrogens is 532 g/mol. The molecule has 0 bridgehead atoms. The van der Waals surface area contributed by atoms with Crippen molar-refractivity contribution in [1.82, 2.24) is 35.0 Å². The number of aryl methyl sites for hydroxylation is 1. The maximum absolute atomic E-state index is 14.0. The largest absolute Gasteiger partial charge is 0.386 e. The Morgan fingerprint density at radius 2 is 1.98 bits per heavy atom. The molecule has 0 aromatic carbocycles. The smallest absolute Gasteiger partial charge is 0.270 e. The zero-order valence-electron chi connectivity index (χ0n) is 22.3. The molecule has 1 aliphatic carbocycles. The number of amides is 2. The van der Waals surface area contributed by atoms with Crippen LogP contribution in [0.4, 0.5) is 23.2 Å². The zero-order valence-corrected chi connectivity index (χ0v) is 22.3. The Bertz CT molecular complexity index is 1390. The van der Waals surface area contributed by atoms with Crippen molar-refractivity contribution < 1.29 is 27.2 Å². The maximum atomic E-state index is 14.0. The molecule has 0 spiro atoms. The highest BCUT2D eigenvalue weighted by atomic mass is 19.3. The van der Waals surface area contributed by atoms with Crippen molar-refractivity contribution in [1.29, 1.82) is 0 Å². The molecule has 2 atom stereocenters. The molecule has 2 aliphatic rings. The van der Waals surface area contributed by atoms with Crippen molar-refractivity contribution in [3.63, 3.8) is 0 Å². The molecule has 40 heavy (non-hydrogen) atoms. The number of aromatic nitrogens is 5. The molecule has 3 aromatic rings. The monoisotopic (exact) mass is 564 g/mol. The Balaban J connectivity index is 1.47. The average Bonchev–Trinajstić information content (AvgIpc) is 3.55. The van der Waals surface area contributed by atoms with E-state index < -0.39 is 48.6 Å². The standard InChI is InChI=1S/C26H32F4N8O2/c1-3-37-20(6-9-33-37)24(40)35-22(15-4-7-25(27,28)8-5-15)19-13-38-21(34-19)11-17(31-2)18(36-38)10-16-12-26(29,30)14-32-23(16)39/h6,9,11,13,15-16,22,31H,3-5,7-8,10,12,14H2,1-2H3,(H,32,39)(H,35,40)/t16?,22-/m0/s1. The van der Waals surface area contributed by atoms with Gasteiger partial charge in [0.2, 0.25) is 11.8 Å². The van der Waals surface area contributed by atoms with Crippen LogP contribution in [0.3, 0.4) is 0 Å². The summed E-state index contributed by atoms with van der Waals surface area (Å²) in [5, 5.41) is 16.9. The summed E-state index contributed by atoms with van der Waals surface area (Å²) >= 11 is 0. The van der Waals surface area contributed by atoms with Crippen molar-refractivity contribution >= 4 is 23.1 Å². The lowest BCUT2D eigenvalue weighted by molar-refractivity contribution is -0.136. The van der Waals surface area contributed by atoms with Crippen molar-refractivity contribution in [2.75, 3.05) is 18.9 Å². The van der Waals surface area contributed by atoms with E-state index in [0.717, 1.165) is 0 Å². The second kappa shape index (κ2) is 10.7. The fourth-order valence-electron chi connectivity index (χ4n) is 5.60. The molecule has 3 N–H and O–H groups in total. The van der Waals surface area contributed by atoms with Crippen LogP contribution in [-0.2, 0) is 17.8 Å². The molecule has 3 aromatic heterocycles. The molecule has 1 unspecified atom stereocenters. The van der Waals surface area contributed by atoms with Crippen LogP contribution in [0.1, 0.15) is 66.9 Å². The van der Waals surface area contributed by atoms with Gasteiger partial charge in [-0.3, -0.25) is 14.3 Å². The minimum atomic E-state index is -3.00. The summed E-state index contributed by atoms with van der Waals surface area (Å²) in [7, 11) is 1.65. The average molecular weight is 565 g/mol. The summed E-state index contributed by atoms with van der Waals surface area (Å²) in [6.07, 6.45) is 2.37. The first-order valence-corrected chi connectivity index (χ1v) is 13.4. The Kier molecular flexibility index (Phi) is 7.44. The third-order valence-electron chi connectivity index (χ3n) is 7.78. The fourth-order valence-corrected chi connectivity index (χ4v) is 5.60. The van der Waals surface area contributed by atoms with Gasteiger partial charge in [0.25, 0.3) is 11.8 Å². The second-order valence-electron chi connectivity index (χ2n) is 10.6. The number of carbonyl (C=O) groups is 2. The predicted octanol–water partition coefficient (Wildman–Crippen LogP) is 3.60. The SMILES string of the molecule is CCn1nccc1C(=O)N[C@H](c1cn2nc(CC3CC(F)(F)CNC3=O)c(NC)cc2n1)C1CCC(F)(F)CC1. The number of nitrogens with zero attached hydrogens (tertiary/aromatic N) is 5. The Morgan fingerprint density at radius 3 is 2.67 bits per heavy atom. The van der Waals surface area contributed by atoms with E-state index in [9.17, 15) is 27.2 Å². The molecule has 0 radical (unpaired) electrons. The first kappa shape index (κ1) is 27.8. The second-order valence-corrected chi connectivity index (χ2v) is 10.6. The molecule has 10 nitrogen and oxygen atoms in total. The number of nitrogens with one attached hydrogen (secondary N) is 3. The van der Waals surface area contributed by atoms with Crippen molar-refractivity contribution in [3.8, 4) is 0 Å². The van der Waals surface area contributed by atoms with E-state index in [-0.39, 0.29) is 38.0 Å². The molecule has 2 amide bonds. The van der Waals surface area contributed by atoms with E-state index in [4.69, 9.17) is 0 Å². The van der Waals surface area contributed by atoms with Gasteiger partial charge in [0, 0.05) is 57.5 Å². The topological polar surface area (TPSA) is 118 Å². The Labute approximate surface area is 227 Å². The van der Waals surface area contributed by atoms with Gasteiger partial charge in [0.05, 0.1) is 35.9 Å². The van der Waals surface area contributed by atoms with Gasteiger partial charge in [-0.25, -0.2) is 27.1 Å². The third kappa shape index (κ3) is 5.75. The first-order chi connectivity index (χ1) is 19.0. The van der Waals surface area contributed by atoms with Crippen LogP contribution in [0.15, 0.2) is 24.5 Å². The van der Waals surface area contributed by atoms with Crippen molar-refractivity contribution in [2.45, 2.75) is 69.9 Å². The molecule has 1 saturated carbocycles. The highest BCUT2D eigenvalue weighted by Crippen LogP contribution is 2.41. The van der Waals surface area contributed by atoms with Crippen molar-refractivity contribution in [2.24, 2.45) is 11.8 Å². The zero-order chi connectivity index (χ0) is 28.7. The molecule has 4 heterocycles. The first-order valence-electron chi connectivity index (χ1n) is 13.4. The molecule has 1 saturated heterocycles. The number of hydrogen-bond acceptors (Lipinski definition) is 6. The van der Waals surface area contributed by atoms with Gasteiger partial charge in [-0.05, 0) is 31.7 Å². The quantitative estimate of drug-likeness (QED) is 0.360. The van der Waals surface area contributed by atoms with E-state index in [0.29, 0.717) is 35.0 Å². The van der Waals surface area contributed by atoms with Crippen LogP contribution in [0, 0.1) is 11.8 Å². The van der Waals surface area contributed by atoms with Crippen LogP contribution in [0.2, 0.25) is 0 Å². The highest BCUT2D eigenvalue weighted by Gasteiger charge is 2.42. The fraction of sp³-hybridized carbons (Fsp3) is 0.577. The summed E-state index contributed by atoms with van der Waals surface area (Å²) in [5.41, 5.74) is 2.13. The number of fused-ring (bicyclic) bond motifs is 1. The van der Waals surface area contributed by atoms with Gasteiger partial charge < -0.3 is 16.0 Å². The molecule has 5 rings (SSSR count). The number of piperidine rings is 1. The normalized spacial score (nSPS) is 21.6. The van der Waals surface area contributed by atoms with E-state index >= 15 is 0 Å². The lowest BCUT2D eigenvalue weighted by Gasteiger charge is -2.33. The van der Waals surface area contributed by atoms with Crippen LogP contribution in [-0.4, -0.2) is 61.6 Å². The predicted molar refractivity (Wildman–Crippen MR) is 137 cm³/mol. The van der Waals surface area contributed by atoms with Gasteiger partial charge in [-0.2, -0.15) is 10.2 Å². The van der Waals surface area contributed by atoms with Crippen molar-refractivity contribution in [3.05, 3.63) is 41.6 Å². The summed E-state index contributed by atoms with van der Waals surface area (Å²) < 4.78 is 58.9. The maximum Gasteiger partial charge on any atom is 0.270 e. The van der Waals surface area contributed by atoms with E-state index in [1.54, 1.807) is 30.1 Å². The van der Waals surface area contributed by atoms with Gasteiger partial charge in [-0.15, -0.1) is 0 Å². The van der Waals surface area contributed by atoms with Gasteiger partial charge in [-0.1, -0.05) is 0 Å². The number of imidazole rings is 1. The molecule has 1 aliphatic heterocycles. The molecule has 216 valence electrons. The van der Waals surface area contributed by atoms with E-state index in [1.807, 2.05) is 6.92 Å². The number of anilines is 1. The summed E-state index contributed by atoms with van der Waals surface area (Å²) in [6, 6.07) is 2.60. The number of carbonyl (C=O) groups excluding carboxylic acids is 2. The number of alkyl halides is 4. The summed E-state index contributed by atoms with van der Waals surface area (Å²) in [6.45, 7) is 1.65. The van der Waals surface area contributed by atoms with Crippen LogP contribution in [0.25, 0.3) is 5.65 Å². The summed E-state index contributed by atoms with van der Waals surface area (Å²) in [5.74, 6) is -7.84. The van der Waals surface area contributed by atoms with Gasteiger partial charge >= 0.3 is 0 Å².